The van der Waals surface area contributed by atoms with E-state index in [9.17, 15) is 0 Å². The van der Waals surface area contributed by atoms with Crippen molar-refractivity contribution in [2.24, 2.45) is 4.99 Å². The Kier molecular flexibility index (Phi) is 14.3. The number of unbranched alkanes of at least 4 members (excludes halogenated alkanes) is 4. The number of nitrogens with zero attached hydrogens (tertiary/aromatic N) is 2. The van der Waals surface area contributed by atoms with Gasteiger partial charge in [0.1, 0.15) is 0 Å². The second-order valence-corrected chi connectivity index (χ2v) is 5.98. The molecule has 0 aromatic rings. The second-order valence-electron chi connectivity index (χ2n) is 5.00. The average molecular weight is 300 g/mol. The third-order valence-electron chi connectivity index (χ3n) is 3.12. The van der Waals surface area contributed by atoms with E-state index in [0.29, 0.717) is 0 Å². The molecule has 0 aliphatic heterocycles. The SMILES string of the molecule is C=CCCCCCN(C)C(=NCCCCSC)NCC. The molecule has 0 saturated carbocycles. The van der Waals surface area contributed by atoms with Crippen LogP contribution in [0.3, 0.4) is 0 Å². The Hall–Kier alpha value is -0.640. The van der Waals surface area contributed by atoms with Crippen molar-refractivity contribution < 1.29 is 0 Å². The average Bonchev–Trinajstić information content (AvgIpc) is 2.45. The summed E-state index contributed by atoms with van der Waals surface area (Å²) < 4.78 is 0. The van der Waals surface area contributed by atoms with Crippen molar-refractivity contribution in [3.05, 3.63) is 12.7 Å². The monoisotopic (exact) mass is 299 g/mol. The van der Waals surface area contributed by atoms with Crippen molar-refractivity contribution in [1.29, 1.82) is 0 Å². The molecule has 0 bridgehead atoms. The van der Waals surface area contributed by atoms with Crippen molar-refractivity contribution in [3.8, 4) is 0 Å². The van der Waals surface area contributed by atoms with E-state index in [1.807, 2.05) is 17.8 Å². The van der Waals surface area contributed by atoms with E-state index in [-0.39, 0.29) is 0 Å². The largest absolute Gasteiger partial charge is 0.357 e. The molecular weight excluding hydrogens is 266 g/mol. The second kappa shape index (κ2) is 14.8. The number of thioether (sulfide) groups is 1. The molecular formula is C16H33N3S. The zero-order chi connectivity index (χ0) is 15.1. The summed E-state index contributed by atoms with van der Waals surface area (Å²) >= 11 is 1.91. The summed E-state index contributed by atoms with van der Waals surface area (Å²) in [7, 11) is 2.14. The minimum atomic E-state index is 0.934. The van der Waals surface area contributed by atoms with Gasteiger partial charge in [-0.3, -0.25) is 4.99 Å². The van der Waals surface area contributed by atoms with Gasteiger partial charge < -0.3 is 10.2 Å². The van der Waals surface area contributed by atoms with E-state index < -0.39 is 0 Å². The highest BCUT2D eigenvalue weighted by Crippen LogP contribution is 2.02. The van der Waals surface area contributed by atoms with E-state index in [1.165, 1.54) is 37.9 Å². The number of aliphatic imine (C=N–C) groups is 1. The van der Waals surface area contributed by atoms with Crippen LogP contribution in [0.2, 0.25) is 0 Å². The molecule has 0 heterocycles. The van der Waals surface area contributed by atoms with E-state index in [1.54, 1.807) is 0 Å². The normalized spacial score (nSPS) is 11.4. The molecule has 118 valence electrons. The molecule has 0 spiro atoms. The van der Waals surface area contributed by atoms with Crippen LogP contribution in [0.4, 0.5) is 0 Å². The first-order valence-electron chi connectivity index (χ1n) is 7.85. The van der Waals surface area contributed by atoms with Crippen LogP contribution in [0.5, 0.6) is 0 Å². The summed E-state index contributed by atoms with van der Waals surface area (Å²) in [6, 6.07) is 0. The van der Waals surface area contributed by atoms with E-state index in [4.69, 9.17) is 4.99 Å². The standard InChI is InChI=1S/C16H33N3S/c1-5-7-8-9-11-14-19(3)16(17-6-2)18-13-10-12-15-20-4/h5H,1,6-15H2,2-4H3,(H,17,18). The van der Waals surface area contributed by atoms with Crippen LogP contribution in [-0.2, 0) is 0 Å². The van der Waals surface area contributed by atoms with E-state index in [0.717, 1.165) is 32.0 Å². The molecule has 3 nitrogen and oxygen atoms in total. The molecule has 1 N–H and O–H groups in total. The molecule has 0 radical (unpaired) electrons. The van der Waals surface area contributed by atoms with Gasteiger partial charge in [-0.05, 0) is 51.0 Å². The van der Waals surface area contributed by atoms with Crippen molar-refractivity contribution >= 4 is 17.7 Å². The Balaban J connectivity index is 3.94. The van der Waals surface area contributed by atoms with Crippen molar-refractivity contribution in [2.75, 3.05) is 38.7 Å². The predicted molar refractivity (Wildman–Crippen MR) is 94.9 cm³/mol. The smallest absolute Gasteiger partial charge is 0.193 e. The maximum absolute atomic E-state index is 4.71. The fourth-order valence-corrected chi connectivity index (χ4v) is 2.43. The van der Waals surface area contributed by atoms with Gasteiger partial charge in [-0.25, -0.2) is 0 Å². The number of hydrogen-bond acceptors (Lipinski definition) is 2. The van der Waals surface area contributed by atoms with Gasteiger partial charge in [0.25, 0.3) is 0 Å². The minimum absolute atomic E-state index is 0.934. The lowest BCUT2D eigenvalue weighted by Gasteiger charge is -2.22. The number of nitrogens with one attached hydrogen (secondary N) is 1. The highest BCUT2D eigenvalue weighted by Gasteiger charge is 2.04. The van der Waals surface area contributed by atoms with Crippen LogP contribution < -0.4 is 5.32 Å². The third-order valence-corrected chi connectivity index (χ3v) is 3.81. The van der Waals surface area contributed by atoms with Crippen LogP contribution in [-0.4, -0.2) is 49.6 Å². The highest BCUT2D eigenvalue weighted by atomic mass is 32.2. The van der Waals surface area contributed by atoms with Crippen LogP contribution in [0.1, 0.15) is 45.4 Å². The first-order valence-corrected chi connectivity index (χ1v) is 9.24. The Morgan fingerprint density at radius 1 is 1.25 bits per heavy atom. The van der Waals surface area contributed by atoms with Crippen molar-refractivity contribution in [1.82, 2.24) is 10.2 Å². The van der Waals surface area contributed by atoms with Gasteiger partial charge in [0.05, 0.1) is 0 Å². The molecule has 0 aliphatic carbocycles. The quantitative estimate of drug-likeness (QED) is 0.257. The molecule has 0 atom stereocenters. The van der Waals surface area contributed by atoms with Gasteiger partial charge in [-0.15, -0.1) is 6.58 Å². The number of rotatable bonds is 12. The molecule has 0 amide bonds. The third kappa shape index (κ3) is 11.2. The first-order chi connectivity index (χ1) is 9.76. The Labute approximate surface area is 130 Å². The van der Waals surface area contributed by atoms with Gasteiger partial charge in [0.15, 0.2) is 5.96 Å². The van der Waals surface area contributed by atoms with Gasteiger partial charge in [-0.1, -0.05) is 12.5 Å². The summed E-state index contributed by atoms with van der Waals surface area (Å²) in [5, 5.41) is 3.38. The molecule has 0 fully saturated rings. The molecule has 0 aromatic heterocycles. The first kappa shape index (κ1) is 19.4. The lowest BCUT2D eigenvalue weighted by molar-refractivity contribution is 0.455. The Morgan fingerprint density at radius 3 is 2.70 bits per heavy atom. The molecule has 0 saturated heterocycles. The van der Waals surface area contributed by atoms with E-state index >= 15 is 0 Å². The molecule has 0 rings (SSSR count). The number of guanidine groups is 1. The van der Waals surface area contributed by atoms with Crippen LogP contribution in [0.15, 0.2) is 17.6 Å². The van der Waals surface area contributed by atoms with Crippen LogP contribution >= 0.6 is 11.8 Å². The van der Waals surface area contributed by atoms with Crippen LogP contribution in [0, 0.1) is 0 Å². The molecule has 4 heteroatoms. The summed E-state index contributed by atoms with van der Waals surface area (Å²) in [6.45, 7) is 8.83. The zero-order valence-corrected chi connectivity index (χ0v) is 14.5. The Bertz CT molecular complexity index is 254. The predicted octanol–water partition coefficient (Wildman–Crippen LogP) is 3.77. The highest BCUT2D eigenvalue weighted by molar-refractivity contribution is 7.98. The molecule has 0 unspecified atom stereocenters. The fraction of sp³-hybridized carbons (Fsp3) is 0.812. The zero-order valence-electron chi connectivity index (χ0n) is 13.7. The summed E-state index contributed by atoms with van der Waals surface area (Å²) in [6.07, 6.45) is 11.5. The lowest BCUT2D eigenvalue weighted by atomic mass is 10.2. The number of allylic oxidation sites excluding steroid dienone is 1. The molecule has 0 aliphatic rings. The van der Waals surface area contributed by atoms with Crippen molar-refractivity contribution in [3.63, 3.8) is 0 Å². The van der Waals surface area contributed by atoms with Gasteiger partial charge in [0, 0.05) is 26.7 Å². The number of hydrogen-bond donors (Lipinski definition) is 1. The molecule has 0 aromatic carbocycles. The van der Waals surface area contributed by atoms with Crippen molar-refractivity contribution in [2.45, 2.75) is 45.4 Å². The van der Waals surface area contributed by atoms with Gasteiger partial charge >= 0.3 is 0 Å². The topological polar surface area (TPSA) is 27.6 Å². The van der Waals surface area contributed by atoms with Gasteiger partial charge in [0.2, 0.25) is 0 Å². The van der Waals surface area contributed by atoms with Crippen LogP contribution in [0.25, 0.3) is 0 Å². The molecule has 20 heavy (non-hydrogen) atoms. The van der Waals surface area contributed by atoms with Gasteiger partial charge in [-0.2, -0.15) is 11.8 Å². The fourth-order valence-electron chi connectivity index (χ4n) is 1.93. The maximum Gasteiger partial charge on any atom is 0.193 e. The Morgan fingerprint density at radius 2 is 2.05 bits per heavy atom. The maximum atomic E-state index is 4.71. The lowest BCUT2D eigenvalue weighted by Crippen LogP contribution is -2.39. The van der Waals surface area contributed by atoms with E-state index in [2.05, 4.69) is 37.0 Å². The summed E-state index contributed by atoms with van der Waals surface area (Å²) in [5.74, 6) is 2.30. The summed E-state index contributed by atoms with van der Waals surface area (Å²) in [4.78, 5) is 6.96. The summed E-state index contributed by atoms with van der Waals surface area (Å²) in [5.41, 5.74) is 0. The minimum Gasteiger partial charge on any atom is -0.357 e.